The van der Waals surface area contributed by atoms with E-state index >= 15 is 0 Å². The van der Waals surface area contributed by atoms with Crippen LogP contribution >= 0.6 is 0 Å². The number of hydrogen-bond donors (Lipinski definition) is 1. The zero-order valence-corrected chi connectivity index (χ0v) is 12.2. The van der Waals surface area contributed by atoms with E-state index in [1.54, 1.807) is 6.92 Å². The zero-order valence-electron chi connectivity index (χ0n) is 12.2. The monoisotopic (exact) mass is 297 g/mol. The number of halogens is 2. The summed E-state index contributed by atoms with van der Waals surface area (Å²) in [4.78, 5) is 14.1. The maximum absolute atomic E-state index is 13.5. The predicted molar refractivity (Wildman–Crippen MR) is 76.2 cm³/mol. The van der Waals surface area contributed by atoms with Gasteiger partial charge in [-0.05, 0) is 50.9 Å². The molecule has 1 atom stereocenters. The van der Waals surface area contributed by atoms with Crippen molar-refractivity contribution < 1.29 is 18.7 Å². The summed E-state index contributed by atoms with van der Waals surface area (Å²) in [6.45, 7) is 4.00. The van der Waals surface area contributed by atoms with Gasteiger partial charge in [0.25, 0.3) is 0 Å². The Morgan fingerprint density at radius 1 is 1.38 bits per heavy atom. The lowest BCUT2D eigenvalue weighted by atomic mass is 9.92. The molecule has 2 rings (SSSR count). The number of benzene rings is 1. The second-order valence-electron chi connectivity index (χ2n) is 5.69. The van der Waals surface area contributed by atoms with Crippen molar-refractivity contribution in [3.8, 4) is 0 Å². The summed E-state index contributed by atoms with van der Waals surface area (Å²) >= 11 is 0. The molecule has 3 nitrogen and oxygen atoms in total. The Hall–Kier alpha value is -1.33. The van der Waals surface area contributed by atoms with E-state index in [1.807, 2.05) is 0 Å². The molecule has 1 aromatic rings. The molecule has 116 valence electrons. The summed E-state index contributed by atoms with van der Waals surface area (Å²) in [5.74, 6) is -2.10. The highest BCUT2D eigenvalue weighted by molar-refractivity contribution is 5.96. The number of carbonyl (C=O) groups is 1. The number of aliphatic hydroxyl groups excluding tert-OH is 1. The van der Waals surface area contributed by atoms with E-state index in [0.29, 0.717) is 12.5 Å². The smallest absolute Gasteiger partial charge is 0.169 e. The van der Waals surface area contributed by atoms with Crippen LogP contribution in [0.3, 0.4) is 0 Å². The van der Waals surface area contributed by atoms with Crippen molar-refractivity contribution in [2.45, 2.75) is 32.3 Å². The molecule has 1 saturated heterocycles. The second kappa shape index (κ2) is 7.09. The van der Waals surface area contributed by atoms with E-state index in [-0.39, 0.29) is 23.9 Å². The van der Waals surface area contributed by atoms with Gasteiger partial charge in [-0.25, -0.2) is 8.78 Å². The van der Waals surface area contributed by atoms with Crippen LogP contribution in [0.1, 0.15) is 36.5 Å². The molecule has 0 bridgehead atoms. The van der Waals surface area contributed by atoms with Crippen LogP contribution in [0.15, 0.2) is 18.2 Å². The van der Waals surface area contributed by atoms with Gasteiger partial charge in [0.2, 0.25) is 0 Å². The molecule has 0 radical (unpaired) electrons. The van der Waals surface area contributed by atoms with Crippen molar-refractivity contribution in [3.05, 3.63) is 35.4 Å². The number of hydrogen-bond acceptors (Lipinski definition) is 3. The van der Waals surface area contributed by atoms with Crippen molar-refractivity contribution in [1.29, 1.82) is 0 Å². The van der Waals surface area contributed by atoms with Crippen LogP contribution in [-0.2, 0) is 0 Å². The summed E-state index contributed by atoms with van der Waals surface area (Å²) in [7, 11) is 0. The number of rotatable bonds is 5. The Kier molecular flexibility index (Phi) is 5.42. The van der Waals surface area contributed by atoms with Crippen LogP contribution in [0.25, 0.3) is 0 Å². The molecule has 1 heterocycles. The van der Waals surface area contributed by atoms with Gasteiger partial charge in [0, 0.05) is 13.0 Å². The Labute approximate surface area is 123 Å². The normalized spacial score (nSPS) is 18.7. The first-order valence-electron chi connectivity index (χ1n) is 7.36. The molecule has 1 N–H and O–H groups in total. The highest BCUT2D eigenvalue weighted by Gasteiger charge is 2.23. The lowest BCUT2D eigenvalue weighted by molar-refractivity contribution is 0.0693. The van der Waals surface area contributed by atoms with Crippen molar-refractivity contribution >= 4 is 5.78 Å². The summed E-state index contributed by atoms with van der Waals surface area (Å²) < 4.78 is 26.6. The fourth-order valence-electron chi connectivity index (χ4n) is 2.77. The molecular weight excluding hydrogens is 276 g/mol. The minimum Gasteiger partial charge on any atom is -0.393 e. The molecule has 5 heteroatoms. The second-order valence-corrected chi connectivity index (χ2v) is 5.69. The number of nitrogens with zero attached hydrogens (tertiary/aromatic N) is 1. The van der Waals surface area contributed by atoms with Crippen molar-refractivity contribution in [2.75, 3.05) is 19.6 Å². The molecule has 1 aromatic carbocycles. The first kappa shape index (κ1) is 16.0. The molecule has 1 aliphatic heterocycles. The molecule has 21 heavy (non-hydrogen) atoms. The Morgan fingerprint density at radius 3 is 2.67 bits per heavy atom. The van der Waals surface area contributed by atoms with E-state index in [2.05, 4.69) is 4.90 Å². The van der Waals surface area contributed by atoms with Crippen LogP contribution in [-0.4, -0.2) is 41.5 Å². The molecule has 0 spiro atoms. The lowest BCUT2D eigenvalue weighted by Gasteiger charge is -2.33. The number of ketones is 1. The molecule has 0 saturated carbocycles. The van der Waals surface area contributed by atoms with Gasteiger partial charge < -0.3 is 10.0 Å². The van der Waals surface area contributed by atoms with Crippen LogP contribution < -0.4 is 0 Å². The molecule has 1 aliphatic rings. The number of Topliss-reactive ketones (excluding diaryl/α,β-unsaturated/α-hetero) is 1. The van der Waals surface area contributed by atoms with E-state index < -0.39 is 11.6 Å². The van der Waals surface area contributed by atoms with Gasteiger partial charge >= 0.3 is 0 Å². The summed E-state index contributed by atoms with van der Waals surface area (Å²) in [6, 6.07) is 3.67. The van der Waals surface area contributed by atoms with Gasteiger partial charge in [-0.2, -0.15) is 0 Å². The van der Waals surface area contributed by atoms with Crippen LogP contribution in [0.2, 0.25) is 0 Å². The molecule has 1 fully saturated rings. The summed E-state index contributed by atoms with van der Waals surface area (Å²) in [5.41, 5.74) is -0.172. The maximum Gasteiger partial charge on any atom is 0.169 e. The Balaban J connectivity index is 1.84. The Bertz CT molecular complexity index is 497. The largest absolute Gasteiger partial charge is 0.393 e. The lowest BCUT2D eigenvalue weighted by Crippen LogP contribution is -2.38. The van der Waals surface area contributed by atoms with Gasteiger partial charge in [0.15, 0.2) is 17.4 Å². The number of aliphatic hydroxyl groups is 1. The summed E-state index contributed by atoms with van der Waals surface area (Å²) in [5, 5.41) is 9.54. The topological polar surface area (TPSA) is 40.5 Å². The fourth-order valence-corrected chi connectivity index (χ4v) is 2.77. The van der Waals surface area contributed by atoms with Crippen molar-refractivity contribution in [3.63, 3.8) is 0 Å². The van der Waals surface area contributed by atoms with E-state index in [1.165, 1.54) is 12.1 Å². The maximum atomic E-state index is 13.5. The van der Waals surface area contributed by atoms with Gasteiger partial charge in [-0.15, -0.1) is 0 Å². The summed E-state index contributed by atoms with van der Waals surface area (Å²) in [6.07, 6.45) is 1.69. The van der Waals surface area contributed by atoms with Gasteiger partial charge in [0.1, 0.15) is 0 Å². The van der Waals surface area contributed by atoms with Gasteiger partial charge in [-0.1, -0.05) is 6.07 Å². The zero-order chi connectivity index (χ0) is 15.4. The fraction of sp³-hybridized carbons (Fsp3) is 0.562. The van der Waals surface area contributed by atoms with Crippen molar-refractivity contribution in [1.82, 2.24) is 4.90 Å². The molecule has 0 amide bonds. The average molecular weight is 297 g/mol. The van der Waals surface area contributed by atoms with Crippen LogP contribution in [0.5, 0.6) is 0 Å². The van der Waals surface area contributed by atoms with Crippen molar-refractivity contribution in [2.24, 2.45) is 5.92 Å². The first-order valence-corrected chi connectivity index (χ1v) is 7.36. The third-order valence-electron chi connectivity index (χ3n) is 4.22. The third-order valence-corrected chi connectivity index (χ3v) is 4.22. The average Bonchev–Trinajstić information content (AvgIpc) is 2.48. The number of likely N-dealkylation sites (tertiary alicyclic amines) is 1. The van der Waals surface area contributed by atoms with E-state index in [0.717, 1.165) is 32.0 Å². The molecule has 1 unspecified atom stereocenters. The third kappa shape index (κ3) is 4.08. The minimum atomic E-state index is -1.06. The van der Waals surface area contributed by atoms with E-state index in [4.69, 9.17) is 0 Å². The number of carbonyl (C=O) groups excluding carboxylic acids is 1. The molecule has 0 aliphatic carbocycles. The highest BCUT2D eigenvalue weighted by Crippen LogP contribution is 2.21. The van der Waals surface area contributed by atoms with Gasteiger partial charge in [0.05, 0.1) is 11.7 Å². The molecule has 0 aromatic heterocycles. The standard InChI is InChI=1S/C16H21F2NO2/c1-11(20)12-5-8-19(9-6-12)10-7-15(21)13-3-2-4-14(17)16(13)18/h2-4,11-12,20H,5-10H2,1H3. The SMILES string of the molecule is CC(O)C1CCN(CCC(=O)c2cccc(F)c2F)CC1. The number of piperidine rings is 1. The first-order chi connectivity index (χ1) is 9.99. The van der Waals surface area contributed by atoms with Crippen LogP contribution in [0, 0.1) is 17.6 Å². The Morgan fingerprint density at radius 2 is 2.05 bits per heavy atom. The van der Waals surface area contributed by atoms with Gasteiger partial charge in [-0.3, -0.25) is 4.79 Å². The van der Waals surface area contributed by atoms with E-state index in [9.17, 15) is 18.7 Å². The predicted octanol–water partition coefficient (Wildman–Crippen LogP) is 2.63. The minimum absolute atomic E-state index is 0.172. The van der Waals surface area contributed by atoms with Crippen LogP contribution in [0.4, 0.5) is 8.78 Å². The quantitative estimate of drug-likeness (QED) is 0.849. The highest BCUT2D eigenvalue weighted by atomic mass is 19.2. The molecular formula is C16H21F2NO2.